The molecule has 20 heavy (non-hydrogen) atoms. The number of carbonyl (C=O) groups is 1. The lowest BCUT2D eigenvalue weighted by molar-refractivity contribution is 0.102. The molecule has 5 heteroatoms. The van der Waals surface area contributed by atoms with Gasteiger partial charge in [-0.1, -0.05) is 6.92 Å². The van der Waals surface area contributed by atoms with Gasteiger partial charge in [-0.3, -0.25) is 9.78 Å². The minimum atomic E-state index is -0.218. The average Bonchev–Trinajstić information content (AvgIpc) is 2.47. The van der Waals surface area contributed by atoms with Crippen LogP contribution in [0.3, 0.4) is 0 Å². The van der Waals surface area contributed by atoms with Gasteiger partial charge in [0.05, 0.1) is 12.3 Å². The van der Waals surface area contributed by atoms with Crippen molar-refractivity contribution >= 4 is 17.3 Å². The molecule has 104 valence electrons. The summed E-state index contributed by atoms with van der Waals surface area (Å²) in [4.78, 5) is 16.0. The molecule has 1 aromatic carbocycles. The van der Waals surface area contributed by atoms with Gasteiger partial charge in [-0.05, 0) is 36.8 Å². The molecular formula is C15H17N3O2. The van der Waals surface area contributed by atoms with Crippen LogP contribution in [0.4, 0.5) is 11.4 Å². The number of hydrogen-bond acceptors (Lipinski definition) is 4. The maximum absolute atomic E-state index is 12.1. The van der Waals surface area contributed by atoms with E-state index in [2.05, 4.69) is 10.3 Å². The van der Waals surface area contributed by atoms with Crippen molar-refractivity contribution in [1.29, 1.82) is 0 Å². The third kappa shape index (κ3) is 3.47. The fraction of sp³-hybridized carbons (Fsp3) is 0.200. The van der Waals surface area contributed by atoms with Crippen LogP contribution in [0.1, 0.15) is 23.7 Å². The van der Waals surface area contributed by atoms with E-state index in [9.17, 15) is 4.79 Å². The first-order valence-corrected chi connectivity index (χ1v) is 6.44. The second-order valence-corrected chi connectivity index (χ2v) is 4.29. The van der Waals surface area contributed by atoms with E-state index in [0.29, 0.717) is 29.3 Å². The molecule has 1 aromatic heterocycles. The standard InChI is InChI=1S/C15H17N3O2/c1-2-9-20-14-4-3-11(10-13(14)16)15(19)18-12-5-7-17-8-6-12/h3-8,10H,2,9,16H2,1H3,(H,17,18,19). The molecule has 0 spiro atoms. The number of amides is 1. The molecule has 0 atom stereocenters. The lowest BCUT2D eigenvalue weighted by Crippen LogP contribution is -2.12. The van der Waals surface area contributed by atoms with Crippen molar-refractivity contribution in [3.05, 3.63) is 48.3 Å². The van der Waals surface area contributed by atoms with E-state index in [1.165, 1.54) is 0 Å². The summed E-state index contributed by atoms with van der Waals surface area (Å²) in [6.07, 6.45) is 4.14. The summed E-state index contributed by atoms with van der Waals surface area (Å²) in [7, 11) is 0. The molecule has 5 nitrogen and oxygen atoms in total. The molecule has 0 saturated carbocycles. The highest BCUT2D eigenvalue weighted by atomic mass is 16.5. The summed E-state index contributed by atoms with van der Waals surface area (Å²) in [5, 5.41) is 2.77. The highest BCUT2D eigenvalue weighted by Gasteiger charge is 2.09. The minimum absolute atomic E-state index is 0.218. The molecule has 2 aromatic rings. The summed E-state index contributed by atoms with van der Waals surface area (Å²) in [5.74, 6) is 0.386. The first kappa shape index (κ1) is 13.9. The van der Waals surface area contributed by atoms with Gasteiger partial charge < -0.3 is 15.8 Å². The Labute approximate surface area is 117 Å². The molecule has 0 fully saturated rings. The molecule has 2 rings (SSSR count). The molecule has 0 aliphatic rings. The van der Waals surface area contributed by atoms with E-state index in [0.717, 1.165) is 6.42 Å². The zero-order valence-electron chi connectivity index (χ0n) is 11.3. The smallest absolute Gasteiger partial charge is 0.255 e. The van der Waals surface area contributed by atoms with Crippen molar-refractivity contribution < 1.29 is 9.53 Å². The predicted octanol–water partition coefficient (Wildman–Crippen LogP) is 2.70. The van der Waals surface area contributed by atoms with E-state index in [-0.39, 0.29) is 5.91 Å². The number of nitrogens with two attached hydrogens (primary N) is 1. The molecule has 0 aliphatic carbocycles. The molecular weight excluding hydrogens is 254 g/mol. The zero-order chi connectivity index (χ0) is 14.4. The Hall–Kier alpha value is -2.56. The molecule has 3 N–H and O–H groups in total. The maximum atomic E-state index is 12.1. The van der Waals surface area contributed by atoms with Gasteiger partial charge >= 0.3 is 0 Å². The number of benzene rings is 1. The van der Waals surface area contributed by atoms with E-state index < -0.39 is 0 Å². The number of carbonyl (C=O) groups excluding carboxylic acids is 1. The molecule has 0 saturated heterocycles. The Morgan fingerprint density at radius 2 is 2.05 bits per heavy atom. The minimum Gasteiger partial charge on any atom is -0.491 e. The van der Waals surface area contributed by atoms with Crippen LogP contribution in [0.15, 0.2) is 42.7 Å². The largest absolute Gasteiger partial charge is 0.491 e. The van der Waals surface area contributed by atoms with E-state index in [1.807, 2.05) is 6.92 Å². The molecule has 1 amide bonds. The number of pyridine rings is 1. The molecule has 0 bridgehead atoms. The quantitative estimate of drug-likeness (QED) is 0.820. The Morgan fingerprint density at radius 3 is 2.70 bits per heavy atom. The first-order chi connectivity index (χ1) is 9.70. The van der Waals surface area contributed by atoms with E-state index in [1.54, 1.807) is 42.7 Å². The second kappa shape index (κ2) is 6.56. The molecule has 1 heterocycles. The van der Waals surface area contributed by atoms with E-state index >= 15 is 0 Å². The van der Waals surface area contributed by atoms with Crippen molar-refractivity contribution in [2.75, 3.05) is 17.7 Å². The van der Waals surface area contributed by atoms with Gasteiger partial charge in [0.25, 0.3) is 5.91 Å². The van der Waals surface area contributed by atoms with Gasteiger partial charge in [0.15, 0.2) is 0 Å². The van der Waals surface area contributed by atoms with Gasteiger partial charge in [-0.15, -0.1) is 0 Å². The van der Waals surface area contributed by atoms with Gasteiger partial charge in [0.1, 0.15) is 5.75 Å². The maximum Gasteiger partial charge on any atom is 0.255 e. The van der Waals surface area contributed by atoms with Gasteiger partial charge in [0, 0.05) is 23.6 Å². The lowest BCUT2D eigenvalue weighted by Gasteiger charge is -2.10. The third-order valence-corrected chi connectivity index (χ3v) is 2.67. The number of hydrogen-bond donors (Lipinski definition) is 2. The summed E-state index contributed by atoms with van der Waals surface area (Å²) in [5.41, 5.74) is 7.52. The van der Waals surface area contributed by atoms with Gasteiger partial charge in [-0.2, -0.15) is 0 Å². The van der Waals surface area contributed by atoms with Crippen LogP contribution in [0, 0.1) is 0 Å². The molecule has 0 unspecified atom stereocenters. The normalized spacial score (nSPS) is 10.1. The predicted molar refractivity (Wildman–Crippen MR) is 78.8 cm³/mol. The van der Waals surface area contributed by atoms with Crippen LogP contribution in [0.5, 0.6) is 5.75 Å². The van der Waals surface area contributed by atoms with Gasteiger partial charge in [-0.25, -0.2) is 0 Å². The Bertz CT molecular complexity index is 585. The fourth-order valence-corrected chi connectivity index (χ4v) is 1.67. The van der Waals surface area contributed by atoms with Crippen LogP contribution < -0.4 is 15.8 Å². The molecule has 0 radical (unpaired) electrons. The SMILES string of the molecule is CCCOc1ccc(C(=O)Nc2ccncc2)cc1N. The number of anilines is 2. The zero-order valence-corrected chi connectivity index (χ0v) is 11.3. The fourth-order valence-electron chi connectivity index (χ4n) is 1.67. The van der Waals surface area contributed by atoms with E-state index in [4.69, 9.17) is 10.5 Å². The topological polar surface area (TPSA) is 77.2 Å². The summed E-state index contributed by atoms with van der Waals surface area (Å²) >= 11 is 0. The number of aromatic nitrogens is 1. The Balaban J connectivity index is 2.09. The van der Waals surface area contributed by atoms with Crippen LogP contribution in [0.2, 0.25) is 0 Å². The van der Waals surface area contributed by atoms with Crippen molar-refractivity contribution in [2.45, 2.75) is 13.3 Å². The van der Waals surface area contributed by atoms with Crippen LogP contribution in [0.25, 0.3) is 0 Å². The van der Waals surface area contributed by atoms with Crippen LogP contribution >= 0.6 is 0 Å². The highest BCUT2D eigenvalue weighted by molar-refractivity contribution is 6.04. The highest BCUT2D eigenvalue weighted by Crippen LogP contribution is 2.23. The average molecular weight is 271 g/mol. The summed E-state index contributed by atoms with van der Waals surface area (Å²) in [6, 6.07) is 8.46. The number of ether oxygens (including phenoxy) is 1. The number of nitrogens with zero attached hydrogens (tertiary/aromatic N) is 1. The van der Waals surface area contributed by atoms with Crippen molar-refractivity contribution in [1.82, 2.24) is 4.98 Å². The number of nitrogen functional groups attached to an aromatic ring is 1. The Kier molecular flexibility index (Phi) is 4.55. The number of rotatable bonds is 5. The van der Waals surface area contributed by atoms with Gasteiger partial charge in [0.2, 0.25) is 0 Å². The van der Waals surface area contributed by atoms with Crippen molar-refractivity contribution in [3.63, 3.8) is 0 Å². The second-order valence-electron chi connectivity index (χ2n) is 4.29. The number of nitrogens with one attached hydrogen (secondary N) is 1. The summed E-state index contributed by atoms with van der Waals surface area (Å²) in [6.45, 7) is 2.62. The molecule has 0 aliphatic heterocycles. The van der Waals surface area contributed by atoms with Crippen molar-refractivity contribution in [2.24, 2.45) is 0 Å². The first-order valence-electron chi connectivity index (χ1n) is 6.44. The van der Waals surface area contributed by atoms with Crippen LogP contribution in [-0.2, 0) is 0 Å². The van der Waals surface area contributed by atoms with Crippen molar-refractivity contribution in [3.8, 4) is 5.75 Å². The summed E-state index contributed by atoms with van der Waals surface area (Å²) < 4.78 is 5.47. The third-order valence-electron chi connectivity index (χ3n) is 2.67. The lowest BCUT2D eigenvalue weighted by atomic mass is 10.1. The monoisotopic (exact) mass is 271 g/mol. The Morgan fingerprint density at radius 1 is 1.30 bits per heavy atom. The van der Waals surface area contributed by atoms with Crippen LogP contribution in [-0.4, -0.2) is 17.5 Å².